The summed E-state index contributed by atoms with van der Waals surface area (Å²) < 4.78 is 5.19. The standard InChI is InChI=1S/C14H20O2/c1-10-6-11(2)8-13(7-10)14(15,9-16-3)12-4-5-12/h6-8,12,15H,4-5,9H2,1-3H3. The van der Waals surface area contributed by atoms with Crippen LogP contribution in [0.15, 0.2) is 18.2 Å². The van der Waals surface area contributed by atoms with Crippen molar-refractivity contribution in [3.05, 3.63) is 34.9 Å². The van der Waals surface area contributed by atoms with Gasteiger partial charge < -0.3 is 9.84 Å². The zero-order valence-corrected chi connectivity index (χ0v) is 10.3. The van der Waals surface area contributed by atoms with Crippen LogP contribution in [-0.2, 0) is 10.3 Å². The average molecular weight is 220 g/mol. The normalized spacial score (nSPS) is 19.5. The molecule has 0 spiro atoms. The fraction of sp³-hybridized carbons (Fsp3) is 0.571. The van der Waals surface area contributed by atoms with E-state index in [9.17, 15) is 5.11 Å². The molecule has 0 amide bonds. The number of rotatable bonds is 4. The third-order valence-corrected chi connectivity index (χ3v) is 3.34. The van der Waals surface area contributed by atoms with E-state index in [1.165, 1.54) is 11.1 Å². The minimum Gasteiger partial charge on any atom is -0.382 e. The molecule has 16 heavy (non-hydrogen) atoms. The Morgan fingerprint density at radius 2 is 1.81 bits per heavy atom. The highest BCUT2D eigenvalue weighted by atomic mass is 16.5. The molecule has 0 heterocycles. The molecule has 1 aliphatic carbocycles. The first-order valence-electron chi connectivity index (χ1n) is 5.86. The molecule has 0 radical (unpaired) electrons. The van der Waals surface area contributed by atoms with E-state index in [1.807, 2.05) is 0 Å². The van der Waals surface area contributed by atoms with E-state index >= 15 is 0 Å². The van der Waals surface area contributed by atoms with E-state index in [4.69, 9.17) is 4.74 Å². The molecule has 1 atom stereocenters. The van der Waals surface area contributed by atoms with Crippen LogP contribution in [-0.4, -0.2) is 18.8 Å². The van der Waals surface area contributed by atoms with Gasteiger partial charge in [-0.15, -0.1) is 0 Å². The molecule has 2 nitrogen and oxygen atoms in total. The fourth-order valence-electron chi connectivity index (χ4n) is 2.44. The summed E-state index contributed by atoms with van der Waals surface area (Å²) in [5.41, 5.74) is 2.62. The van der Waals surface area contributed by atoms with Crippen LogP contribution in [0.25, 0.3) is 0 Å². The number of benzene rings is 1. The second-order valence-electron chi connectivity index (χ2n) is 5.01. The summed E-state index contributed by atoms with van der Waals surface area (Å²) in [4.78, 5) is 0. The minimum absolute atomic E-state index is 0.369. The average Bonchev–Trinajstić information content (AvgIpc) is 2.99. The lowest BCUT2D eigenvalue weighted by atomic mass is 9.87. The lowest BCUT2D eigenvalue weighted by molar-refractivity contribution is -0.0533. The second kappa shape index (κ2) is 4.19. The van der Waals surface area contributed by atoms with Crippen molar-refractivity contribution in [3.8, 4) is 0 Å². The second-order valence-corrected chi connectivity index (χ2v) is 5.01. The lowest BCUT2D eigenvalue weighted by Gasteiger charge is -2.28. The monoisotopic (exact) mass is 220 g/mol. The molecule has 1 aliphatic rings. The van der Waals surface area contributed by atoms with Gasteiger partial charge in [-0.05, 0) is 38.2 Å². The largest absolute Gasteiger partial charge is 0.382 e. The first kappa shape index (κ1) is 11.6. The SMILES string of the molecule is COCC(O)(c1cc(C)cc(C)c1)C1CC1. The number of hydrogen-bond acceptors (Lipinski definition) is 2. The molecule has 1 saturated carbocycles. The van der Waals surface area contributed by atoms with Gasteiger partial charge in [0.1, 0.15) is 5.60 Å². The van der Waals surface area contributed by atoms with Crippen LogP contribution < -0.4 is 0 Å². The maximum absolute atomic E-state index is 10.7. The summed E-state index contributed by atoms with van der Waals surface area (Å²) in [6.07, 6.45) is 2.21. The molecule has 1 unspecified atom stereocenters. The summed E-state index contributed by atoms with van der Waals surface area (Å²) in [7, 11) is 1.65. The zero-order chi connectivity index (χ0) is 11.8. The van der Waals surface area contributed by atoms with Gasteiger partial charge in [0.25, 0.3) is 0 Å². The molecule has 1 aromatic carbocycles. The van der Waals surface area contributed by atoms with Gasteiger partial charge in [0.15, 0.2) is 0 Å². The van der Waals surface area contributed by atoms with Gasteiger partial charge in [0, 0.05) is 7.11 Å². The van der Waals surface area contributed by atoms with Gasteiger partial charge in [-0.25, -0.2) is 0 Å². The third-order valence-electron chi connectivity index (χ3n) is 3.34. The summed E-state index contributed by atoms with van der Waals surface area (Å²) >= 11 is 0. The van der Waals surface area contributed by atoms with Crippen molar-refractivity contribution in [2.24, 2.45) is 5.92 Å². The number of ether oxygens (including phenoxy) is 1. The van der Waals surface area contributed by atoms with E-state index in [0.29, 0.717) is 12.5 Å². The fourth-order valence-corrected chi connectivity index (χ4v) is 2.44. The quantitative estimate of drug-likeness (QED) is 0.845. The summed E-state index contributed by atoms with van der Waals surface area (Å²) in [6, 6.07) is 6.28. The highest BCUT2D eigenvalue weighted by Gasteiger charge is 2.45. The van der Waals surface area contributed by atoms with Crippen molar-refractivity contribution in [1.29, 1.82) is 0 Å². The molecular weight excluding hydrogens is 200 g/mol. The Balaban J connectivity index is 2.37. The summed E-state index contributed by atoms with van der Waals surface area (Å²) in [5.74, 6) is 0.369. The van der Waals surface area contributed by atoms with Gasteiger partial charge >= 0.3 is 0 Å². The Labute approximate surface area is 97.3 Å². The predicted octanol–water partition coefficient (Wildman–Crippen LogP) is 2.55. The van der Waals surface area contributed by atoms with E-state index in [1.54, 1.807) is 7.11 Å². The Morgan fingerprint density at radius 3 is 2.25 bits per heavy atom. The molecule has 0 aromatic heterocycles. The molecule has 0 saturated heterocycles. The summed E-state index contributed by atoms with van der Waals surface area (Å²) in [5, 5.41) is 10.7. The Morgan fingerprint density at radius 1 is 1.25 bits per heavy atom. The Bertz CT molecular complexity index is 362. The maximum atomic E-state index is 10.7. The molecule has 0 aliphatic heterocycles. The van der Waals surface area contributed by atoms with Gasteiger partial charge in [0.05, 0.1) is 6.61 Å². The molecular formula is C14H20O2. The zero-order valence-electron chi connectivity index (χ0n) is 10.3. The Hall–Kier alpha value is -0.860. The lowest BCUT2D eigenvalue weighted by Crippen LogP contribution is -2.33. The van der Waals surface area contributed by atoms with Crippen LogP contribution in [0.2, 0.25) is 0 Å². The van der Waals surface area contributed by atoms with E-state index < -0.39 is 5.60 Å². The van der Waals surface area contributed by atoms with Crippen molar-refractivity contribution in [1.82, 2.24) is 0 Å². The van der Waals surface area contributed by atoms with Crippen molar-refractivity contribution >= 4 is 0 Å². The number of aryl methyl sites for hydroxylation is 2. The van der Waals surface area contributed by atoms with Crippen molar-refractivity contribution < 1.29 is 9.84 Å². The number of aliphatic hydroxyl groups is 1. The number of hydrogen-bond donors (Lipinski definition) is 1. The van der Waals surface area contributed by atoms with Crippen molar-refractivity contribution in [3.63, 3.8) is 0 Å². The molecule has 2 rings (SSSR count). The summed E-state index contributed by atoms with van der Waals surface area (Å²) in [6.45, 7) is 4.52. The first-order valence-corrected chi connectivity index (χ1v) is 5.86. The van der Waals surface area contributed by atoms with Crippen LogP contribution in [0.5, 0.6) is 0 Å². The van der Waals surface area contributed by atoms with Crippen LogP contribution in [0.1, 0.15) is 29.5 Å². The van der Waals surface area contributed by atoms with E-state index in [-0.39, 0.29) is 0 Å². The number of methoxy groups -OCH3 is 1. The van der Waals surface area contributed by atoms with Gasteiger partial charge in [-0.2, -0.15) is 0 Å². The molecule has 0 bridgehead atoms. The highest BCUT2D eigenvalue weighted by Crippen LogP contribution is 2.46. The predicted molar refractivity (Wildman–Crippen MR) is 64.4 cm³/mol. The van der Waals surface area contributed by atoms with Gasteiger partial charge in [-0.3, -0.25) is 0 Å². The molecule has 88 valence electrons. The van der Waals surface area contributed by atoms with Gasteiger partial charge in [0.2, 0.25) is 0 Å². The topological polar surface area (TPSA) is 29.5 Å². The molecule has 1 fully saturated rings. The van der Waals surface area contributed by atoms with Crippen molar-refractivity contribution in [2.45, 2.75) is 32.3 Å². The van der Waals surface area contributed by atoms with Crippen LogP contribution >= 0.6 is 0 Å². The third kappa shape index (κ3) is 2.13. The van der Waals surface area contributed by atoms with Gasteiger partial charge in [-0.1, -0.05) is 29.3 Å². The van der Waals surface area contributed by atoms with E-state index in [0.717, 1.165) is 18.4 Å². The smallest absolute Gasteiger partial charge is 0.116 e. The first-order chi connectivity index (χ1) is 7.56. The maximum Gasteiger partial charge on any atom is 0.116 e. The Kier molecular flexibility index (Phi) is 3.04. The van der Waals surface area contributed by atoms with E-state index in [2.05, 4.69) is 32.0 Å². The highest BCUT2D eigenvalue weighted by molar-refractivity contribution is 5.34. The molecule has 1 aromatic rings. The van der Waals surface area contributed by atoms with Crippen molar-refractivity contribution in [2.75, 3.05) is 13.7 Å². The minimum atomic E-state index is -0.786. The molecule has 2 heteroatoms. The van der Waals surface area contributed by atoms with Crippen LogP contribution in [0, 0.1) is 19.8 Å². The molecule has 1 N–H and O–H groups in total. The van der Waals surface area contributed by atoms with Crippen LogP contribution in [0.4, 0.5) is 0 Å². The van der Waals surface area contributed by atoms with Crippen LogP contribution in [0.3, 0.4) is 0 Å².